The normalized spacial score (nSPS) is 42.6. The van der Waals surface area contributed by atoms with Crippen LogP contribution in [0.2, 0.25) is 0 Å². The number of carboxylic acid groups (broad SMARTS) is 1. The number of fused-ring (bicyclic) bond motifs is 7. The fourth-order valence-corrected chi connectivity index (χ4v) is 10.3. The van der Waals surface area contributed by atoms with Gasteiger partial charge in [-0.2, -0.15) is 0 Å². The zero-order valence-electron chi connectivity index (χ0n) is 23.4. The van der Waals surface area contributed by atoms with Gasteiger partial charge in [0.25, 0.3) is 0 Å². The number of carboxylic acids is 1. The topological polar surface area (TPSA) is 104 Å². The van der Waals surface area contributed by atoms with Crippen LogP contribution in [0.5, 0.6) is 11.5 Å². The maximum absolute atomic E-state index is 12.4. The molecule has 5 nitrogen and oxygen atoms in total. The molecule has 5 rings (SSSR count). The predicted molar refractivity (Wildman–Crippen MR) is 150 cm³/mol. The van der Waals surface area contributed by atoms with Crippen LogP contribution in [0.1, 0.15) is 102 Å². The lowest BCUT2D eigenvalue weighted by molar-refractivity contribution is -0.177. The van der Waals surface area contributed by atoms with E-state index in [1.54, 1.807) is 0 Å². The number of nitrogens with two attached hydrogens (primary N) is 1. The van der Waals surface area contributed by atoms with Gasteiger partial charge < -0.3 is 21.1 Å². The third-order valence-corrected chi connectivity index (χ3v) is 13.2. The molecule has 0 heterocycles. The Hall–Kier alpha value is -1.66. The van der Waals surface area contributed by atoms with Gasteiger partial charge in [0.2, 0.25) is 0 Å². The van der Waals surface area contributed by atoms with E-state index in [0.717, 1.165) is 67.4 Å². The number of thioether (sulfide) groups is 1. The molecule has 204 valence electrons. The molecule has 4 aliphatic carbocycles. The Morgan fingerprint density at radius 1 is 1.05 bits per heavy atom. The zero-order chi connectivity index (χ0) is 27.2. The summed E-state index contributed by atoms with van der Waals surface area (Å²) in [6, 6.07) is 1.82. The maximum atomic E-state index is 12.4. The SMILES string of the molecule is Cc1c(O)c(O)cc2c1C(SCCN)C=C1[C@@]2(C)CC[C@@]2(C)[C@@H]3C[C@](C)(C(=O)O)CC[C@]3(C)CC[C@]12C. The van der Waals surface area contributed by atoms with Crippen LogP contribution in [0, 0.1) is 34.5 Å². The minimum absolute atomic E-state index is 0.0168. The Bertz CT molecular complexity index is 1180. The number of aromatic hydroxyl groups is 2. The molecule has 4 aliphatic rings. The van der Waals surface area contributed by atoms with E-state index in [4.69, 9.17) is 5.73 Å². The van der Waals surface area contributed by atoms with Crippen molar-refractivity contribution in [3.8, 4) is 11.5 Å². The second-order valence-electron chi connectivity index (χ2n) is 13.8. The smallest absolute Gasteiger partial charge is 0.309 e. The molecule has 0 spiro atoms. The van der Waals surface area contributed by atoms with Gasteiger partial charge in [0.05, 0.1) is 5.41 Å². The monoisotopic (exact) mass is 527 g/mol. The van der Waals surface area contributed by atoms with Crippen molar-refractivity contribution in [3.63, 3.8) is 0 Å². The van der Waals surface area contributed by atoms with E-state index >= 15 is 0 Å². The molecule has 0 aromatic heterocycles. The predicted octanol–water partition coefficient (Wildman–Crippen LogP) is 6.83. The quantitative estimate of drug-likeness (QED) is 0.253. The first-order valence-corrected chi connectivity index (χ1v) is 15.1. The van der Waals surface area contributed by atoms with Crippen molar-refractivity contribution >= 4 is 17.7 Å². The average Bonchev–Trinajstić information content (AvgIpc) is 2.84. The van der Waals surface area contributed by atoms with Gasteiger partial charge in [0, 0.05) is 23.0 Å². The summed E-state index contributed by atoms with van der Waals surface area (Å²) < 4.78 is 0. The van der Waals surface area contributed by atoms with E-state index < -0.39 is 11.4 Å². The van der Waals surface area contributed by atoms with Crippen LogP contribution in [0.3, 0.4) is 0 Å². The molecule has 37 heavy (non-hydrogen) atoms. The fraction of sp³-hybridized carbons (Fsp3) is 0.710. The summed E-state index contributed by atoms with van der Waals surface area (Å²) in [7, 11) is 0. The summed E-state index contributed by atoms with van der Waals surface area (Å²) in [5.74, 6) is 0.442. The molecule has 7 atom stereocenters. The first-order chi connectivity index (χ1) is 17.2. The number of rotatable bonds is 4. The third kappa shape index (κ3) is 3.50. The lowest BCUT2D eigenvalue weighted by atomic mass is 9.34. The molecule has 5 N–H and O–H groups in total. The Morgan fingerprint density at radius 3 is 2.38 bits per heavy atom. The van der Waals surface area contributed by atoms with Gasteiger partial charge in [-0.1, -0.05) is 39.3 Å². The van der Waals surface area contributed by atoms with Crippen LogP contribution < -0.4 is 5.73 Å². The van der Waals surface area contributed by atoms with Crippen molar-refractivity contribution in [1.82, 2.24) is 0 Å². The van der Waals surface area contributed by atoms with Crippen LogP contribution in [0.15, 0.2) is 17.7 Å². The van der Waals surface area contributed by atoms with Crippen molar-refractivity contribution in [1.29, 1.82) is 0 Å². The molecule has 3 saturated carbocycles. The number of phenols is 2. The van der Waals surface area contributed by atoms with Crippen LogP contribution in [-0.4, -0.2) is 33.6 Å². The van der Waals surface area contributed by atoms with Gasteiger partial charge in [-0.15, -0.1) is 11.8 Å². The van der Waals surface area contributed by atoms with E-state index in [-0.39, 0.29) is 38.4 Å². The first kappa shape index (κ1) is 26.9. The summed E-state index contributed by atoms with van der Waals surface area (Å²) in [6.07, 6.45) is 9.13. The molecule has 6 heteroatoms. The highest BCUT2D eigenvalue weighted by atomic mass is 32.2. The third-order valence-electron chi connectivity index (χ3n) is 12.0. The lowest BCUT2D eigenvalue weighted by Crippen LogP contribution is -2.62. The van der Waals surface area contributed by atoms with Gasteiger partial charge in [0.15, 0.2) is 11.5 Å². The van der Waals surface area contributed by atoms with Crippen molar-refractivity contribution in [2.45, 2.75) is 97.2 Å². The minimum Gasteiger partial charge on any atom is -0.504 e. The largest absolute Gasteiger partial charge is 0.504 e. The van der Waals surface area contributed by atoms with Gasteiger partial charge in [-0.05, 0) is 104 Å². The molecular formula is C31H45NO4S. The number of carbonyl (C=O) groups is 1. The highest BCUT2D eigenvalue weighted by Crippen LogP contribution is 2.75. The lowest BCUT2D eigenvalue weighted by Gasteiger charge is -2.70. The molecule has 0 radical (unpaired) electrons. The van der Waals surface area contributed by atoms with Gasteiger partial charge in [0.1, 0.15) is 0 Å². The molecule has 1 unspecified atom stereocenters. The Balaban J connectivity index is 1.68. The molecule has 1 aromatic carbocycles. The Morgan fingerprint density at radius 2 is 1.73 bits per heavy atom. The summed E-state index contributed by atoms with van der Waals surface area (Å²) in [6.45, 7) is 14.1. The average molecular weight is 528 g/mol. The van der Waals surface area contributed by atoms with E-state index in [0.29, 0.717) is 12.5 Å². The van der Waals surface area contributed by atoms with Gasteiger partial charge >= 0.3 is 5.97 Å². The number of benzene rings is 1. The molecule has 0 amide bonds. The first-order valence-electron chi connectivity index (χ1n) is 14.0. The highest BCUT2D eigenvalue weighted by Gasteiger charge is 2.67. The standard InChI is InChI=1S/C31H45NO4S/c1-18-24-19(15-20(33)25(18)34)29(4)10-12-31(6)23-17-28(3,26(35)36)8-7-27(23,2)9-11-30(31,5)22(29)16-21(24)37-14-13-32/h15-16,21,23,33-34H,7-14,17,32H2,1-6H3,(H,35,36)/t21?,23-,27-,28-,29+,30-,31+/m1/s1. The summed E-state index contributed by atoms with van der Waals surface area (Å²) >= 11 is 1.81. The van der Waals surface area contributed by atoms with Crippen LogP contribution in [0.4, 0.5) is 0 Å². The summed E-state index contributed by atoms with van der Waals surface area (Å²) in [5.41, 5.74) is 9.57. The number of aliphatic carboxylic acids is 1. The van der Waals surface area contributed by atoms with Crippen molar-refractivity contribution in [2.75, 3.05) is 12.3 Å². The molecule has 0 bridgehead atoms. The zero-order valence-corrected chi connectivity index (χ0v) is 24.2. The number of allylic oxidation sites excluding steroid dienone is 1. The minimum atomic E-state index is -0.667. The van der Waals surface area contributed by atoms with Crippen LogP contribution in [0.25, 0.3) is 0 Å². The second-order valence-corrected chi connectivity index (χ2v) is 15.1. The van der Waals surface area contributed by atoms with E-state index in [2.05, 4.69) is 33.8 Å². The van der Waals surface area contributed by atoms with E-state index in [9.17, 15) is 20.1 Å². The molecule has 1 aromatic rings. The maximum Gasteiger partial charge on any atom is 0.309 e. The highest BCUT2D eigenvalue weighted by molar-refractivity contribution is 7.99. The van der Waals surface area contributed by atoms with Crippen LogP contribution in [-0.2, 0) is 10.2 Å². The molecule has 0 saturated heterocycles. The fourth-order valence-electron chi connectivity index (χ4n) is 9.21. The molecule has 3 fully saturated rings. The van der Waals surface area contributed by atoms with Crippen LogP contribution >= 0.6 is 11.8 Å². The second kappa shape index (κ2) is 8.42. The van der Waals surface area contributed by atoms with Crippen molar-refractivity contribution in [2.24, 2.45) is 33.3 Å². The summed E-state index contributed by atoms with van der Waals surface area (Å²) in [4.78, 5) is 12.4. The Labute approximate surface area is 226 Å². The molecular weight excluding hydrogens is 482 g/mol. The van der Waals surface area contributed by atoms with E-state index in [1.807, 2.05) is 31.7 Å². The molecule has 0 aliphatic heterocycles. The summed E-state index contributed by atoms with van der Waals surface area (Å²) in [5, 5.41) is 31.6. The number of hydrogen-bond acceptors (Lipinski definition) is 5. The van der Waals surface area contributed by atoms with Crippen molar-refractivity contribution < 1.29 is 20.1 Å². The van der Waals surface area contributed by atoms with Crippen molar-refractivity contribution in [3.05, 3.63) is 34.4 Å². The number of phenolic OH excluding ortho intramolecular Hbond substituents is 2. The number of hydrogen-bond donors (Lipinski definition) is 4. The van der Waals surface area contributed by atoms with Gasteiger partial charge in [-0.3, -0.25) is 4.79 Å². The Kier molecular flexibility index (Phi) is 6.13. The van der Waals surface area contributed by atoms with E-state index in [1.165, 1.54) is 5.57 Å². The van der Waals surface area contributed by atoms with Gasteiger partial charge in [-0.25, -0.2) is 0 Å².